The Morgan fingerprint density at radius 1 is 1.10 bits per heavy atom. The minimum atomic E-state index is -0.803. The van der Waals surface area contributed by atoms with Gasteiger partial charge in [-0.25, -0.2) is 4.79 Å². The van der Waals surface area contributed by atoms with Crippen LogP contribution in [0, 0.1) is 0 Å². The highest BCUT2D eigenvalue weighted by Crippen LogP contribution is 2.34. The summed E-state index contributed by atoms with van der Waals surface area (Å²) in [6, 6.07) is 14.0. The van der Waals surface area contributed by atoms with E-state index in [2.05, 4.69) is 11.1 Å². The van der Waals surface area contributed by atoms with Crippen molar-refractivity contribution in [2.75, 3.05) is 20.3 Å². The number of fused-ring (bicyclic) bond motifs is 3. The van der Waals surface area contributed by atoms with Crippen LogP contribution >= 0.6 is 0 Å². The number of carbonyl (C=O) groups is 2. The Morgan fingerprint density at radius 3 is 2.52 bits per heavy atom. The average molecular weight is 420 g/mol. The summed E-state index contributed by atoms with van der Waals surface area (Å²) in [5, 5.41) is 1.02. The van der Waals surface area contributed by atoms with Gasteiger partial charge in [0, 0.05) is 24.4 Å². The second-order valence-electron chi connectivity index (χ2n) is 7.21. The van der Waals surface area contributed by atoms with Gasteiger partial charge in [-0.15, -0.1) is 0 Å². The Kier molecular flexibility index (Phi) is 5.66. The van der Waals surface area contributed by atoms with Gasteiger partial charge >= 0.3 is 6.16 Å². The molecule has 1 aliphatic rings. The van der Waals surface area contributed by atoms with Crippen LogP contribution in [0.2, 0.25) is 0 Å². The lowest BCUT2D eigenvalue weighted by Crippen LogP contribution is -2.24. The Hall–Kier alpha value is -3.74. The summed E-state index contributed by atoms with van der Waals surface area (Å²) in [4.78, 5) is 28.9. The summed E-state index contributed by atoms with van der Waals surface area (Å²) in [7, 11) is 1.64. The topological polar surface area (TPSA) is 80.9 Å². The highest BCUT2D eigenvalue weighted by atomic mass is 16.7. The molecule has 2 heterocycles. The Balaban J connectivity index is 1.78. The summed E-state index contributed by atoms with van der Waals surface area (Å²) in [5.74, 6) is 0.942. The molecule has 2 aromatic carbocycles. The molecule has 31 heavy (non-hydrogen) atoms. The van der Waals surface area contributed by atoms with Gasteiger partial charge in [0.15, 0.2) is 5.76 Å². The molecule has 0 aliphatic carbocycles. The molecule has 0 fully saturated rings. The molecular formula is C24H24N2O5. The third-order valence-corrected chi connectivity index (χ3v) is 5.31. The molecule has 7 nitrogen and oxygen atoms in total. The monoisotopic (exact) mass is 420 g/mol. The smallest absolute Gasteiger partial charge is 0.497 e. The van der Waals surface area contributed by atoms with Crippen molar-refractivity contribution in [2.24, 2.45) is 0 Å². The average Bonchev–Trinajstić information content (AvgIpc) is 3.03. The van der Waals surface area contributed by atoms with Gasteiger partial charge in [0.25, 0.3) is 0 Å². The summed E-state index contributed by atoms with van der Waals surface area (Å²) in [5.41, 5.74) is 4.72. The zero-order valence-corrected chi connectivity index (χ0v) is 17.7. The second kappa shape index (κ2) is 8.55. The van der Waals surface area contributed by atoms with Crippen LogP contribution in [-0.4, -0.2) is 42.2 Å². The van der Waals surface area contributed by atoms with E-state index in [1.165, 1.54) is 6.92 Å². The molecule has 1 aromatic heterocycles. The normalized spacial score (nSPS) is 13.3. The molecule has 0 spiro atoms. The maximum atomic E-state index is 12.0. The van der Waals surface area contributed by atoms with Crippen LogP contribution < -0.4 is 4.74 Å². The molecular weight excluding hydrogens is 396 g/mol. The molecule has 4 rings (SSSR count). The number of ether oxygens (including phenoxy) is 3. The van der Waals surface area contributed by atoms with Crippen LogP contribution in [0.3, 0.4) is 0 Å². The van der Waals surface area contributed by atoms with E-state index in [4.69, 9.17) is 14.2 Å². The summed E-state index contributed by atoms with van der Waals surface area (Å²) in [6.45, 7) is 3.88. The first-order valence-corrected chi connectivity index (χ1v) is 10.1. The number of nitrogens with one attached hydrogen (secondary N) is 1. The van der Waals surface area contributed by atoms with Crippen molar-refractivity contribution in [2.45, 2.75) is 20.3 Å². The number of carbonyl (C=O) groups excluding carboxylic acids is 2. The number of aromatic amines is 1. The summed E-state index contributed by atoms with van der Waals surface area (Å²) in [6.07, 6.45) is 1.38. The predicted molar refractivity (Wildman–Crippen MR) is 117 cm³/mol. The van der Waals surface area contributed by atoms with Gasteiger partial charge in [-0.3, -0.25) is 4.79 Å². The first-order valence-electron chi connectivity index (χ1n) is 10.1. The van der Waals surface area contributed by atoms with E-state index in [1.54, 1.807) is 25.1 Å². The zero-order valence-electron chi connectivity index (χ0n) is 17.7. The van der Waals surface area contributed by atoms with E-state index < -0.39 is 6.16 Å². The third kappa shape index (κ3) is 4.12. The molecule has 3 aromatic rings. The van der Waals surface area contributed by atoms with Crippen molar-refractivity contribution in [1.29, 1.82) is 0 Å². The highest BCUT2D eigenvalue weighted by Gasteiger charge is 2.25. The first-order chi connectivity index (χ1) is 15.0. The van der Waals surface area contributed by atoms with E-state index in [9.17, 15) is 9.59 Å². The molecule has 7 heteroatoms. The Morgan fingerprint density at radius 2 is 1.84 bits per heavy atom. The molecule has 1 N–H and O–H groups in total. The van der Waals surface area contributed by atoms with Crippen LogP contribution in [0.5, 0.6) is 5.75 Å². The molecule has 0 radical (unpaired) electrons. The zero-order chi connectivity index (χ0) is 22.0. The van der Waals surface area contributed by atoms with E-state index in [-0.39, 0.29) is 18.3 Å². The van der Waals surface area contributed by atoms with Crippen LogP contribution in [0.1, 0.15) is 25.1 Å². The maximum Gasteiger partial charge on any atom is 0.513 e. The van der Waals surface area contributed by atoms with E-state index in [1.807, 2.05) is 36.4 Å². The van der Waals surface area contributed by atoms with Crippen molar-refractivity contribution < 1.29 is 23.8 Å². The fourth-order valence-electron chi connectivity index (χ4n) is 3.75. The molecule has 1 aliphatic heterocycles. The van der Waals surface area contributed by atoms with Gasteiger partial charge in [-0.2, -0.15) is 0 Å². The number of hydrogen-bond acceptors (Lipinski definition) is 5. The van der Waals surface area contributed by atoms with Crippen molar-refractivity contribution in [3.63, 3.8) is 0 Å². The van der Waals surface area contributed by atoms with Gasteiger partial charge < -0.3 is 24.1 Å². The van der Waals surface area contributed by atoms with E-state index >= 15 is 0 Å². The molecule has 0 atom stereocenters. The van der Waals surface area contributed by atoms with Gasteiger partial charge in [-0.1, -0.05) is 18.2 Å². The van der Waals surface area contributed by atoms with Crippen LogP contribution in [-0.2, 0) is 20.7 Å². The fraction of sp³-hybridized carbons (Fsp3) is 0.250. The van der Waals surface area contributed by atoms with Gasteiger partial charge in [0.2, 0.25) is 5.91 Å². The third-order valence-electron chi connectivity index (χ3n) is 5.31. The lowest BCUT2D eigenvalue weighted by Gasteiger charge is -2.15. The lowest BCUT2D eigenvalue weighted by atomic mass is 10.0. The number of methoxy groups -OCH3 is 1. The van der Waals surface area contributed by atoms with Crippen molar-refractivity contribution in [1.82, 2.24) is 9.88 Å². The predicted octanol–water partition coefficient (Wildman–Crippen LogP) is 4.72. The van der Waals surface area contributed by atoms with E-state index in [0.717, 1.165) is 33.3 Å². The number of H-pyrrole nitrogens is 1. The quantitative estimate of drug-likeness (QED) is 0.618. The van der Waals surface area contributed by atoms with Crippen LogP contribution in [0.25, 0.3) is 27.8 Å². The van der Waals surface area contributed by atoms with Crippen LogP contribution in [0.4, 0.5) is 4.79 Å². The lowest BCUT2D eigenvalue weighted by molar-refractivity contribution is -0.126. The number of rotatable bonds is 4. The number of amides is 1. The van der Waals surface area contributed by atoms with Gasteiger partial charge in [-0.05, 0) is 54.3 Å². The number of nitrogens with zero attached hydrogens (tertiary/aromatic N) is 1. The van der Waals surface area contributed by atoms with Crippen molar-refractivity contribution >= 4 is 28.7 Å². The minimum absolute atomic E-state index is 0.127. The number of aromatic nitrogens is 1. The van der Waals surface area contributed by atoms with Crippen molar-refractivity contribution in [3.8, 4) is 16.9 Å². The van der Waals surface area contributed by atoms with Crippen molar-refractivity contribution in [3.05, 3.63) is 59.9 Å². The molecule has 0 saturated carbocycles. The second-order valence-corrected chi connectivity index (χ2v) is 7.21. The standard InChI is InChI=1S/C24H24N2O5/c1-4-30-24(28)31-22-14-26(15(2)27)12-11-19-20-13-17(7-10-21(20)25-23(19)22)16-5-8-18(29-3)9-6-16/h5-10,13-14,25H,4,11-12H2,1-3H3. The van der Waals surface area contributed by atoms with Gasteiger partial charge in [0.05, 0.1) is 25.6 Å². The molecule has 0 saturated heterocycles. The maximum absolute atomic E-state index is 12.0. The first kappa shape index (κ1) is 20.5. The number of hydrogen-bond donors (Lipinski definition) is 1. The minimum Gasteiger partial charge on any atom is -0.497 e. The Bertz CT molecular complexity index is 1160. The summed E-state index contributed by atoms with van der Waals surface area (Å²) >= 11 is 0. The van der Waals surface area contributed by atoms with Gasteiger partial charge in [0.1, 0.15) is 5.75 Å². The Labute approximate surface area is 180 Å². The molecule has 0 bridgehead atoms. The fourth-order valence-corrected chi connectivity index (χ4v) is 3.75. The highest BCUT2D eigenvalue weighted by molar-refractivity contribution is 5.93. The molecule has 0 unspecified atom stereocenters. The molecule has 1 amide bonds. The SMILES string of the molecule is CCOC(=O)OC1=CN(C(C)=O)CCc2c1[nH]c1ccc(-c3ccc(OC)cc3)cc21. The summed E-state index contributed by atoms with van der Waals surface area (Å²) < 4.78 is 15.6. The van der Waals surface area contributed by atoms with E-state index in [0.29, 0.717) is 18.7 Å². The molecule has 160 valence electrons. The largest absolute Gasteiger partial charge is 0.513 e. The number of benzene rings is 2. The van der Waals surface area contributed by atoms with Crippen LogP contribution in [0.15, 0.2) is 48.7 Å².